The van der Waals surface area contributed by atoms with Crippen molar-refractivity contribution in [3.63, 3.8) is 0 Å². The molecular formula is C41H36N2O11. The van der Waals surface area contributed by atoms with Gasteiger partial charge in [-0.25, -0.2) is 24.4 Å². The quantitative estimate of drug-likeness (QED) is 0.0537. The number of nitrogens with zero attached hydrogens (tertiary/aromatic N) is 2. The van der Waals surface area contributed by atoms with Crippen LogP contribution < -0.4 is 9.47 Å². The van der Waals surface area contributed by atoms with E-state index in [1.165, 1.54) is 48.5 Å². The fraction of sp³-hybridized carbons (Fsp3) is 0.244. The molecule has 6 rings (SSSR count). The van der Waals surface area contributed by atoms with Crippen molar-refractivity contribution in [2.45, 2.75) is 25.7 Å². The Balaban J connectivity index is 0.868. The van der Waals surface area contributed by atoms with Crippen LogP contribution in [-0.2, 0) is 18.9 Å². The van der Waals surface area contributed by atoms with E-state index in [0.717, 1.165) is 0 Å². The number of carbonyl (C=O) groups excluding carboxylic acids is 5. The summed E-state index contributed by atoms with van der Waals surface area (Å²) in [6.45, 7) is 2.32. The molecule has 2 aliphatic heterocycles. The zero-order chi connectivity index (χ0) is 37.7. The Bertz CT molecular complexity index is 1920. The fourth-order valence-corrected chi connectivity index (χ4v) is 5.46. The first-order valence-corrected chi connectivity index (χ1v) is 17.4. The molecule has 4 aromatic rings. The van der Waals surface area contributed by atoms with Crippen LogP contribution >= 0.6 is 0 Å². The van der Waals surface area contributed by atoms with Gasteiger partial charge in [0, 0.05) is 35.1 Å². The standard InChI is InChI=1S/C41H36N2O11/c44-35(9-3-21-51-39(46)31-7-1-5-29(25-31)37-42-19-23-49-37)27-11-15-33(16-12-27)53-41(48)54-34-17-13-28(14-18-34)36(45)10-4-22-52-40(47)32-8-2-6-30(26-32)38-43-20-24-50-38/h1-2,5-8,11-18,25-26H,3-4,9-10,19-24H2. The van der Waals surface area contributed by atoms with Gasteiger partial charge < -0.3 is 28.4 Å². The van der Waals surface area contributed by atoms with Crippen LogP contribution in [0.3, 0.4) is 0 Å². The minimum Gasteiger partial charge on any atom is -0.476 e. The Morgan fingerprint density at radius 3 is 1.35 bits per heavy atom. The lowest BCUT2D eigenvalue weighted by Crippen LogP contribution is -2.14. The number of carbonyl (C=O) groups is 5. The molecule has 276 valence electrons. The molecule has 0 unspecified atom stereocenters. The van der Waals surface area contributed by atoms with Crippen LogP contribution in [0, 0.1) is 0 Å². The van der Waals surface area contributed by atoms with E-state index in [9.17, 15) is 24.0 Å². The maximum Gasteiger partial charge on any atom is 0.519 e. The molecule has 2 heterocycles. The van der Waals surface area contributed by atoms with Gasteiger partial charge in [-0.2, -0.15) is 0 Å². The Morgan fingerprint density at radius 2 is 0.963 bits per heavy atom. The van der Waals surface area contributed by atoms with Crippen molar-refractivity contribution in [1.29, 1.82) is 0 Å². The molecule has 2 aliphatic rings. The van der Waals surface area contributed by atoms with Crippen molar-refractivity contribution in [2.24, 2.45) is 9.98 Å². The van der Waals surface area contributed by atoms with Gasteiger partial charge in [-0.15, -0.1) is 0 Å². The molecule has 0 atom stereocenters. The second-order valence-electron chi connectivity index (χ2n) is 12.1. The summed E-state index contributed by atoms with van der Waals surface area (Å²) in [6.07, 6.45) is -0.0501. The van der Waals surface area contributed by atoms with E-state index in [2.05, 4.69) is 9.98 Å². The number of ether oxygens (including phenoxy) is 6. The summed E-state index contributed by atoms with van der Waals surface area (Å²) in [5, 5.41) is 0. The number of benzene rings is 4. The molecule has 13 heteroatoms. The predicted octanol–water partition coefficient (Wildman–Crippen LogP) is 6.46. The van der Waals surface area contributed by atoms with E-state index in [0.29, 0.717) is 84.3 Å². The lowest BCUT2D eigenvalue weighted by atomic mass is 10.1. The third kappa shape index (κ3) is 10.2. The van der Waals surface area contributed by atoms with Gasteiger partial charge in [-0.05, 0) is 97.8 Å². The van der Waals surface area contributed by atoms with E-state index in [-0.39, 0.29) is 49.1 Å². The minimum atomic E-state index is -1.000. The molecule has 0 bridgehead atoms. The molecule has 0 N–H and O–H groups in total. The van der Waals surface area contributed by atoms with Crippen LogP contribution in [0.25, 0.3) is 0 Å². The second kappa shape index (κ2) is 18.2. The van der Waals surface area contributed by atoms with Crippen molar-refractivity contribution >= 4 is 41.5 Å². The topological polar surface area (TPSA) is 165 Å². The largest absolute Gasteiger partial charge is 0.519 e. The number of hydrogen-bond acceptors (Lipinski definition) is 13. The third-order valence-electron chi connectivity index (χ3n) is 8.18. The predicted molar refractivity (Wildman–Crippen MR) is 195 cm³/mol. The van der Waals surface area contributed by atoms with Gasteiger partial charge in [0.25, 0.3) is 0 Å². The average Bonchev–Trinajstić information content (AvgIpc) is 3.95. The molecule has 0 spiro atoms. The summed E-state index contributed by atoms with van der Waals surface area (Å²) in [6, 6.07) is 25.7. The highest BCUT2D eigenvalue weighted by molar-refractivity contribution is 6.00. The molecule has 0 aromatic heterocycles. The Labute approximate surface area is 310 Å². The molecule has 0 saturated carbocycles. The van der Waals surface area contributed by atoms with Crippen LogP contribution in [0.1, 0.15) is 78.2 Å². The van der Waals surface area contributed by atoms with Gasteiger partial charge in [0.1, 0.15) is 24.7 Å². The molecular weight excluding hydrogens is 696 g/mol. The highest BCUT2D eigenvalue weighted by atomic mass is 16.7. The van der Waals surface area contributed by atoms with Gasteiger partial charge in [0.05, 0.1) is 37.4 Å². The number of Topliss-reactive ketones (excluding diaryl/α,β-unsaturated/α-hetero) is 2. The highest BCUT2D eigenvalue weighted by Gasteiger charge is 2.17. The van der Waals surface area contributed by atoms with Crippen molar-refractivity contribution in [2.75, 3.05) is 39.5 Å². The van der Waals surface area contributed by atoms with Crippen LogP contribution in [0.4, 0.5) is 4.79 Å². The van der Waals surface area contributed by atoms with Crippen LogP contribution in [0.2, 0.25) is 0 Å². The Hall–Kier alpha value is -6.63. The summed E-state index contributed by atoms with van der Waals surface area (Å²) in [5.41, 5.74) is 2.96. The highest BCUT2D eigenvalue weighted by Crippen LogP contribution is 2.19. The first kappa shape index (κ1) is 37.1. The average molecular weight is 733 g/mol. The SMILES string of the molecule is O=C(Oc1ccc(C(=O)CCCOC(=O)c2cccc(C3=NCCO3)c2)cc1)Oc1ccc(C(=O)CCCOC(=O)c2cccc(C3=NCCO3)c2)cc1. The van der Waals surface area contributed by atoms with Crippen LogP contribution in [0.15, 0.2) is 107 Å². The minimum absolute atomic E-state index is 0.0653. The summed E-state index contributed by atoms with van der Waals surface area (Å²) < 4.78 is 32.0. The number of rotatable bonds is 16. The summed E-state index contributed by atoms with van der Waals surface area (Å²) in [7, 11) is 0. The van der Waals surface area contributed by atoms with Gasteiger partial charge in [-0.1, -0.05) is 12.1 Å². The summed E-state index contributed by atoms with van der Waals surface area (Å²) in [5.74, 6) is -0.00106. The Morgan fingerprint density at radius 1 is 0.537 bits per heavy atom. The van der Waals surface area contributed by atoms with Crippen LogP contribution in [-0.4, -0.2) is 81.0 Å². The van der Waals surface area contributed by atoms with E-state index in [1.54, 1.807) is 36.4 Å². The molecule has 0 radical (unpaired) electrons. The van der Waals surface area contributed by atoms with Crippen molar-refractivity contribution in [3.05, 3.63) is 130 Å². The van der Waals surface area contributed by atoms with Crippen molar-refractivity contribution in [1.82, 2.24) is 0 Å². The molecule has 13 nitrogen and oxygen atoms in total. The zero-order valence-corrected chi connectivity index (χ0v) is 29.2. The van der Waals surface area contributed by atoms with E-state index < -0.39 is 18.1 Å². The smallest absolute Gasteiger partial charge is 0.476 e. The first-order chi connectivity index (χ1) is 26.3. The second-order valence-corrected chi connectivity index (χ2v) is 12.1. The lowest BCUT2D eigenvalue weighted by Gasteiger charge is -2.08. The van der Waals surface area contributed by atoms with Crippen LogP contribution in [0.5, 0.6) is 11.5 Å². The fourth-order valence-electron chi connectivity index (χ4n) is 5.46. The Kier molecular flexibility index (Phi) is 12.5. The molecule has 0 fully saturated rings. The van der Waals surface area contributed by atoms with E-state index in [4.69, 9.17) is 28.4 Å². The van der Waals surface area contributed by atoms with Crippen molar-refractivity contribution < 1.29 is 52.4 Å². The maximum atomic E-state index is 12.7. The molecule has 0 saturated heterocycles. The number of aliphatic imine (C=N–C) groups is 2. The number of hydrogen-bond donors (Lipinski definition) is 0. The van der Waals surface area contributed by atoms with Gasteiger partial charge >= 0.3 is 18.1 Å². The monoisotopic (exact) mass is 732 g/mol. The maximum absolute atomic E-state index is 12.7. The molecule has 54 heavy (non-hydrogen) atoms. The summed E-state index contributed by atoms with van der Waals surface area (Å²) in [4.78, 5) is 71.1. The van der Waals surface area contributed by atoms with Gasteiger partial charge in [0.2, 0.25) is 11.8 Å². The molecule has 4 aromatic carbocycles. The normalized spacial score (nSPS) is 13.1. The zero-order valence-electron chi connectivity index (χ0n) is 29.2. The third-order valence-corrected chi connectivity index (χ3v) is 8.18. The van der Waals surface area contributed by atoms with E-state index in [1.807, 2.05) is 12.1 Å². The number of ketones is 2. The van der Waals surface area contributed by atoms with E-state index >= 15 is 0 Å². The van der Waals surface area contributed by atoms with Gasteiger partial charge in [-0.3, -0.25) is 9.59 Å². The molecule has 0 aliphatic carbocycles. The van der Waals surface area contributed by atoms with Crippen molar-refractivity contribution in [3.8, 4) is 11.5 Å². The molecule has 0 amide bonds. The number of esters is 2. The lowest BCUT2D eigenvalue weighted by molar-refractivity contribution is 0.0487. The van der Waals surface area contributed by atoms with Gasteiger partial charge in [0.15, 0.2) is 11.6 Å². The first-order valence-electron chi connectivity index (χ1n) is 17.4. The summed E-state index contributed by atoms with van der Waals surface area (Å²) >= 11 is 0.